The van der Waals surface area contributed by atoms with Gasteiger partial charge in [-0.15, -0.1) is 0 Å². The molecule has 20 heavy (non-hydrogen) atoms. The van der Waals surface area contributed by atoms with E-state index in [9.17, 15) is 4.39 Å². The maximum atomic E-state index is 14.1. The van der Waals surface area contributed by atoms with E-state index in [1.54, 1.807) is 13.2 Å². The first kappa shape index (κ1) is 15.1. The minimum atomic E-state index is -0.314. The van der Waals surface area contributed by atoms with Crippen molar-refractivity contribution in [2.24, 2.45) is 11.7 Å². The summed E-state index contributed by atoms with van der Waals surface area (Å²) in [5.74, 6) is 1.24. The highest BCUT2D eigenvalue weighted by Gasteiger charge is 2.21. The Morgan fingerprint density at radius 2 is 1.75 bits per heavy atom. The van der Waals surface area contributed by atoms with E-state index >= 15 is 0 Å². The van der Waals surface area contributed by atoms with Crippen LogP contribution in [0.5, 0.6) is 11.5 Å². The lowest BCUT2D eigenvalue weighted by Crippen LogP contribution is -2.18. The van der Waals surface area contributed by atoms with Gasteiger partial charge in [-0.3, -0.25) is 0 Å². The third-order valence-corrected chi connectivity index (χ3v) is 4.21. The standard InChI is InChI=1S/C16H24FNO2/c1-19-15-9-12(13(17)10-16(15)20-2)14(18)8-11-6-4-3-5-7-11/h9-11,14H,3-8,18H2,1-2H3. The van der Waals surface area contributed by atoms with Crippen molar-refractivity contribution in [2.45, 2.75) is 44.6 Å². The average Bonchev–Trinajstić information content (AvgIpc) is 2.47. The lowest BCUT2D eigenvalue weighted by molar-refractivity contribution is 0.315. The molecule has 0 radical (unpaired) electrons. The van der Waals surface area contributed by atoms with Crippen molar-refractivity contribution in [2.75, 3.05) is 14.2 Å². The van der Waals surface area contributed by atoms with Gasteiger partial charge in [-0.05, 0) is 18.4 Å². The van der Waals surface area contributed by atoms with Gasteiger partial charge in [0.25, 0.3) is 0 Å². The van der Waals surface area contributed by atoms with Crippen molar-refractivity contribution in [3.8, 4) is 11.5 Å². The summed E-state index contributed by atoms with van der Waals surface area (Å²) in [6, 6.07) is 2.74. The molecule has 0 bridgehead atoms. The second kappa shape index (κ2) is 6.93. The number of rotatable bonds is 5. The van der Waals surface area contributed by atoms with Crippen molar-refractivity contribution < 1.29 is 13.9 Å². The molecule has 4 heteroatoms. The van der Waals surface area contributed by atoms with Crippen LogP contribution < -0.4 is 15.2 Å². The van der Waals surface area contributed by atoms with Crippen molar-refractivity contribution in [3.05, 3.63) is 23.5 Å². The molecule has 0 spiro atoms. The molecular formula is C16H24FNO2. The summed E-state index contributed by atoms with van der Waals surface area (Å²) in [5.41, 5.74) is 6.73. The van der Waals surface area contributed by atoms with Gasteiger partial charge in [0.05, 0.1) is 14.2 Å². The predicted octanol–water partition coefficient (Wildman–Crippen LogP) is 3.81. The van der Waals surface area contributed by atoms with Crippen molar-refractivity contribution in [1.29, 1.82) is 0 Å². The van der Waals surface area contributed by atoms with Gasteiger partial charge in [0.2, 0.25) is 0 Å². The highest BCUT2D eigenvalue weighted by molar-refractivity contribution is 5.44. The van der Waals surface area contributed by atoms with Crippen LogP contribution >= 0.6 is 0 Å². The Morgan fingerprint density at radius 3 is 2.35 bits per heavy atom. The number of nitrogens with two attached hydrogens (primary N) is 1. The number of halogens is 1. The number of methoxy groups -OCH3 is 2. The third-order valence-electron chi connectivity index (χ3n) is 4.21. The quantitative estimate of drug-likeness (QED) is 0.892. The van der Waals surface area contributed by atoms with E-state index in [1.807, 2.05) is 0 Å². The predicted molar refractivity (Wildman–Crippen MR) is 77.6 cm³/mol. The van der Waals surface area contributed by atoms with Crippen molar-refractivity contribution >= 4 is 0 Å². The monoisotopic (exact) mass is 281 g/mol. The van der Waals surface area contributed by atoms with Gasteiger partial charge >= 0.3 is 0 Å². The van der Waals surface area contributed by atoms with Crippen LogP contribution in [0.3, 0.4) is 0 Å². The Balaban J connectivity index is 2.13. The maximum absolute atomic E-state index is 14.1. The molecule has 0 amide bonds. The normalized spacial score (nSPS) is 17.8. The van der Waals surface area contributed by atoms with Gasteiger partial charge in [0.1, 0.15) is 5.82 Å². The number of hydrogen-bond donors (Lipinski definition) is 1. The minimum absolute atomic E-state index is 0.280. The first-order valence-corrected chi connectivity index (χ1v) is 7.32. The molecule has 1 fully saturated rings. The molecule has 0 saturated heterocycles. The summed E-state index contributed by atoms with van der Waals surface area (Å²) < 4.78 is 24.5. The van der Waals surface area contributed by atoms with E-state index in [0.717, 1.165) is 6.42 Å². The van der Waals surface area contributed by atoms with E-state index < -0.39 is 0 Å². The summed E-state index contributed by atoms with van der Waals surface area (Å²) >= 11 is 0. The zero-order chi connectivity index (χ0) is 14.5. The number of hydrogen-bond acceptors (Lipinski definition) is 3. The highest BCUT2D eigenvalue weighted by Crippen LogP contribution is 2.36. The van der Waals surface area contributed by atoms with Crippen LogP contribution in [0.4, 0.5) is 4.39 Å². The molecule has 1 aliphatic carbocycles. The van der Waals surface area contributed by atoms with Crippen molar-refractivity contribution in [3.63, 3.8) is 0 Å². The molecule has 1 aromatic carbocycles. The molecule has 1 saturated carbocycles. The number of benzene rings is 1. The molecule has 0 aromatic heterocycles. The van der Waals surface area contributed by atoms with Crippen LogP contribution in [-0.2, 0) is 0 Å². The summed E-state index contributed by atoms with van der Waals surface area (Å²) in [5, 5.41) is 0. The van der Waals surface area contributed by atoms with Gasteiger partial charge in [-0.1, -0.05) is 32.1 Å². The van der Waals surface area contributed by atoms with Crippen LogP contribution in [0.25, 0.3) is 0 Å². The first-order valence-electron chi connectivity index (χ1n) is 7.32. The zero-order valence-corrected chi connectivity index (χ0v) is 12.3. The second-order valence-electron chi connectivity index (χ2n) is 5.57. The molecule has 0 heterocycles. The fraction of sp³-hybridized carbons (Fsp3) is 0.625. The Morgan fingerprint density at radius 1 is 1.15 bits per heavy atom. The Kier molecular flexibility index (Phi) is 5.24. The van der Waals surface area contributed by atoms with E-state index in [4.69, 9.17) is 15.2 Å². The van der Waals surface area contributed by atoms with Gasteiger partial charge in [0, 0.05) is 17.7 Å². The lowest BCUT2D eigenvalue weighted by Gasteiger charge is -2.25. The van der Waals surface area contributed by atoms with Gasteiger partial charge < -0.3 is 15.2 Å². The SMILES string of the molecule is COc1cc(F)c(C(N)CC2CCCCC2)cc1OC. The Labute approximate surface area is 120 Å². The van der Waals surface area contributed by atoms with Crippen LogP contribution in [0.2, 0.25) is 0 Å². The Bertz CT molecular complexity index is 444. The summed E-state index contributed by atoms with van der Waals surface area (Å²) in [7, 11) is 3.05. The minimum Gasteiger partial charge on any atom is -0.493 e. The van der Waals surface area contributed by atoms with Crippen LogP contribution in [-0.4, -0.2) is 14.2 Å². The summed E-state index contributed by atoms with van der Waals surface area (Å²) in [6.07, 6.45) is 7.12. The lowest BCUT2D eigenvalue weighted by atomic mass is 9.83. The maximum Gasteiger partial charge on any atom is 0.163 e. The van der Waals surface area contributed by atoms with E-state index in [0.29, 0.717) is 23.0 Å². The molecule has 112 valence electrons. The topological polar surface area (TPSA) is 44.5 Å². The average molecular weight is 281 g/mol. The molecule has 2 rings (SSSR count). The molecular weight excluding hydrogens is 257 g/mol. The van der Waals surface area contributed by atoms with E-state index in [-0.39, 0.29) is 11.9 Å². The number of ether oxygens (including phenoxy) is 2. The smallest absolute Gasteiger partial charge is 0.163 e. The van der Waals surface area contributed by atoms with Crippen LogP contribution in [0.1, 0.15) is 50.1 Å². The fourth-order valence-corrected chi connectivity index (χ4v) is 3.06. The molecule has 1 aliphatic rings. The first-order chi connectivity index (χ1) is 9.65. The van der Waals surface area contributed by atoms with Gasteiger partial charge in [-0.25, -0.2) is 4.39 Å². The van der Waals surface area contributed by atoms with Gasteiger partial charge in [-0.2, -0.15) is 0 Å². The highest BCUT2D eigenvalue weighted by atomic mass is 19.1. The molecule has 3 nitrogen and oxygen atoms in total. The molecule has 2 N–H and O–H groups in total. The van der Waals surface area contributed by atoms with Crippen LogP contribution in [0, 0.1) is 11.7 Å². The van der Waals surface area contributed by atoms with Gasteiger partial charge in [0.15, 0.2) is 11.5 Å². The van der Waals surface area contributed by atoms with E-state index in [2.05, 4.69) is 0 Å². The fourth-order valence-electron chi connectivity index (χ4n) is 3.06. The van der Waals surface area contributed by atoms with Crippen molar-refractivity contribution in [1.82, 2.24) is 0 Å². The second-order valence-corrected chi connectivity index (χ2v) is 5.57. The van der Waals surface area contributed by atoms with E-state index in [1.165, 1.54) is 45.3 Å². The largest absolute Gasteiger partial charge is 0.493 e. The molecule has 1 aromatic rings. The molecule has 1 unspecified atom stereocenters. The molecule has 0 aliphatic heterocycles. The molecule has 1 atom stereocenters. The summed E-state index contributed by atoms with van der Waals surface area (Å²) in [6.45, 7) is 0. The third kappa shape index (κ3) is 3.42. The van der Waals surface area contributed by atoms with Crippen LogP contribution in [0.15, 0.2) is 12.1 Å². The zero-order valence-electron chi connectivity index (χ0n) is 12.3. The Hall–Kier alpha value is -1.29. The summed E-state index contributed by atoms with van der Waals surface area (Å²) in [4.78, 5) is 0.